The van der Waals surface area contributed by atoms with Crippen molar-refractivity contribution >= 4 is 28.6 Å². The number of amides is 2. The third-order valence-electron chi connectivity index (χ3n) is 4.49. The predicted molar refractivity (Wildman–Crippen MR) is 95.5 cm³/mol. The second-order valence-corrected chi connectivity index (χ2v) is 6.09. The Kier molecular flexibility index (Phi) is 4.11. The van der Waals surface area contributed by atoms with Gasteiger partial charge in [-0.05, 0) is 12.1 Å². The molecule has 0 spiro atoms. The minimum Gasteiger partial charge on any atom is -0.352 e. The van der Waals surface area contributed by atoms with E-state index in [1.165, 1.54) is 12.4 Å². The van der Waals surface area contributed by atoms with Crippen molar-refractivity contribution in [2.24, 2.45) is 7.05 Å². The topological polar surface area (TPSA) is 79.2 Å². The maximum absolute atomic E-state index is 13.7. The van der Waals surface area contributed by atoms with E-state index in [1.807, 2.05) is 7.05 Å². The molecule has 1 saturated heterocycles. The fourth-order valence-corrected chi connectivity index (χ4v) is 3.08. The number of carbonyl (C=O) groups is 1. The molecule has 3 aromatic rings. The van der Waals surface area contributed by atoms with Crippen LogP contribution >= 0.6 is 0 Å². The van der Waals surface area contributed by atoms with Gasteiger partial charge in [0.2, 0.25) is 0 Å². The number of rotatable bonds is 2. The van der Waals surface area contributed by atoms with Crippen LogP contribution in [0.1, 0.15) is 0 Å². The average Bonchev–Trinajstić information content (AvgIpc) is 3.05. The van der Waals surface area contributed by atoms with Gasteiger partial charge in [-0.3, -0.25) is 4.68 Å². The summed E-state index contributed by atoms with van der Waals surface area (Å²) in [5, 5.41) is 7.74. The van der Waals surface area contributed by atoms with Crippen LogP contribution in [-0.2, 0) is 7.05 Å². The summed E-state index contributed by atoms with van der Waals surface area (Å²) in [4.78, 5) is 24.8. The number of aryl methyl sites for hydroxylation is 1. The number of hydrogen-bond acceptors (Lipinski definition) is 5. The fraction of sp³-hybridized carbons (Fsp3) is 0.294. The number of carbonyl (C=O) groups excluding carboxylic acids is 1. The van der Waals surface area contributed by atoms with Crippen LogP contribution in [0.15, 0.2) is 36.8 Å². The molecule has 1 fully saturated rings. The second-order valence-electron chi connectivity index (χ2n) is 6.09. The Morgan fingerprint density at radius 2 is 1.92 bits per heavy atom. The number of aromatic nitrogens is 4. The molecule has 1 aliphatic heterocycles. The molecule has 0 radical (unpaired) electrons. The van der Waals surface area contributed by atoms with Crippen molar-refractivity contribution in [3.05, 3.63) is 42.6 Å². The summed E-state index contributed by atoms with van der Waals surface area (Å²) in [6, 6.07) is 5.84. The lowest BCUT2D eigenvalue weighted by molar-refractivity contribution is 0.208. The van der Waals surface area contributed by atoms with Crippen LogP contribution in [0.3, 0.4) is 0 Å². The number of hydrogen-bond donors (Lipinski definition) is 1. The molecule has 4 rings (SSSR count). The first kappa shape index (κ1) is 16.2. The molecule has 0 bridgehead atoms. The number of halogens is 1. The molecule has 0 saturated carbocycles. The van der Waals surface area contributed by atoms with E-state index >= 15 is 0 Å². The molecule has 0 atom stereocenters. The van der Waals surface area contributed by atoms with Crippen LogP contribution in [-0.4, -0.2) is 56.9 Å². The highest BCUT2D eigenvalue weighted by Crippen LogP contribution is 2.23. The minimum absolute atomic E-state index is 0.188. The molecule has 0 aliphatic carbocycles. The van der Waals surface area contributed by atoms with Crippen molar-refractivity contribution in [1.82, 2.24) is 24.6 Å². The lowest BCUT2D eigenvalue weighted by atomic mass is 10.3. The van der Waals surface area contributed by atoms with Gasteiger partial charge in [-0.25, -0.2) is 19.2 Å². The Bertz CT molecular complexity index is 949. The zero-order valence-electron chi connectivity index (χ0n) is 14.3. The summed E-state index contributed by atoms with van der Waals surface area (Å²) >= 11 is 0. The minimum atomic E-state index is -0.445. The number of fused-ring (bicyclic) bond motifs is 1. The van der Waals surface area contributed by atoms with Gasteiger partial charge in [0, 0.05) is 33.2 Å². The number of anilines is 2. The number of piperazine rings is 1. The zero-order valence-corrected chi connectivity index (χ0v) is 14.3. The fourth-order valence-electron chi connectivity index (χ4n) is 3.08. The summed E-state index contributed by atoms with van der Waals surface area (Å²) < 4.78 is 15.4. The molecule has 2 aromatic heterocycles. The van der Waals surface area contributed by atoms with Gasteiger partial charge in [-0.2, -0.15) is 5.10 Å². The first-order valence-electron chi connectivity index (χ1n) is 8.31. The van der Waals surface area contributed by atoms with Gasteiger partial charge in [-0.15, -0.1) is 0 Å². The largest absolute Gasteiger partial charge is 0.352 e. The van der Waals surface area contributed by atoms with E-state index in [9.17, 15) is 9.18 Å². The molecule has 26 heavy (non-hydrogen) atoms. The Balaban J connectivity index is 1.44. The maximum Gasteiger partial charge on any atom is 0.322 e. The Morgan fingerprint density at radius 1 is 1.15 bits per heavy atom. The molecule has 2 amide bonds. The summed E-state index contributed by atoms with van der Waals surface area (Å²) in [7, 11) is 1.84. The number of urea groups is 1. The van der Waals surface area contributed by atoms with Gasteiger partial charge in [0.25, 0.3) is 0 Å². The SMILES string of the molecule is Cn1ncc2c(N3CCN(C(=O)Nc4ccccc4F)CC3)ncnc21. The van der Waals surface area contributed by atoms with E-state index in [4.69, 9.17) is 0 Å². The van der Waals surface area contributed by atoms with Crippen LogP contribution in [0.25, 0.3) is 11.0 Å². The molecule has 9 heteroatoms. The Morgan fingerprint density at radius 3 is 2.69 bits per heavy atom. The van der Waals surface area contributed by atoms with E-state index in [2.05, 4.69) is 25.3 Å². The van der Waals surface area contributed by atoms with Crippen LogP contribution in [0.2, 0.25) is 0 Å². The van der Waals surface area contributed by atoms with Crippen LogP contribution in [0.4, 0.5) is 20.7 Å². The van der Waals surface area contributed by atoms with Crippen molar-refractivity contribution in [2.75, 3.05) is 36.4 Å². The van der Waals surface area contributed by atoms with E-state index in [1.54, 1.807) is 34.0 Å². The van der Waals surface area contributed by atoms with E-state index in [-0.39, 0.29) is 11.7 Å². The van der Waals surface area contributed by atoms with Gasteiger partial charge < -0.3 is 15.1 Å². The molecule has 0 unspecified atom stereocenters. The molecular weight excluding hydrogens is 337 g/mol. The summed E-state index contributed by atoms with van der Waals surface area (Å²) in [6.45, 7) is 2.30. The molecule has 134 valence electrons. The highest BCUT2D eigenvalue weighted by atomic mass is 19.1. The maximum atomic E-state index is 13.7. The van der Waals surface area contributed by atoms with Gasteiger partial charge in [0.05, 0.1) is 17.3 Å². The van der Waals surface area contributed by atoms with Gasteiger partial charge >= 0.3 is 6.03 Å². The summed E-state index contributed by atoms with van der Waals surface area (Å²) in [5.74, 6) is 0.372. The predicted octanol–water partition coefficient (Wildman–Crippen LogP) is 1.86. The molecule has 1 aliphatic rings. The Labute approximate surface area is 149 Å². The average molecular weight is 355 g/mol. The summed E-state index contributed by atoms with van der Waals surface area (Å²) in [6.07, 6.45) is 3.28. The number of nitrogens with zero attached hydrogens (tertiary/aromatic N) is 6. The normalized spacial score (nSPS) is 14.7. The number of benzene rings is 1. The van der Waals surface area contributed by atoms with Gasteiger partial charge in [-0.1, -0.05) is 12.1 Å². The first-order valence-corrected chi connectivity index (χ1v) is 8.31. The standard InChI is InChI=1S/C17H18FN7O/c1-23-15-12(10-21-23)16(20-11-19-15)24-6-8-25(9-7-24)17(26)22-14-5-3-2-4-13(14)18/h2-5,10-11H,6-9H2,1H3,(H,22,26). The monoisotopic (exact) mass is 355 g/mol. The molecule has 8 nitrogen and oxygen atoms in total. The van der Waals surface area contributed by atoms with Crippen molar-refractivity contribution in [3.63, 3.8) is 0 Å². The van der Waals surface area contributed by atoms with E-state index in [0.717, 1.165) is 16.9 Å². The molecule has 1 N–H and O–H groups in total. The number of para-hydroxylation sites is 1. The van der Waals surface area contributed by atoms with Crippen molar-refractivity contribution < 1.29 is 9.18 Å². The first-order chi connectivity index (χ1) is 12.6. The second kappa shape index (κ2) is 6.58. The van der Waals surface area contributed by atoms with Crippen LogP contribution in [0.5, 0.6) is 0 Å². The summed E-state index contributed by atoms with van der Waals surface area (Å²) in [5.41, 5.74) is 0.961. The van der Waals surface area contributed by atoms with Crippen LogP contribution < -0.4 is 10.2 Å². The number of nitrogens with one attached hydrogen (secondary N) is 1. The van der Waals surface area contributed by atoms with Crippen molar-refractivity contribution in [1.29, 1.82) is 0 Å². The molecular formula is C17H18FN7O. The molecule has 3 heterocycles. The lowest BCUT2D eigenvalue weighted by Crippen LogP contribution is -2.50. The third-order valence-corrected chi connectivity index (χ3v) is 4.49. The van der Waals surface area contributed by atoms with E-state index < -0.39 is 5.82 Å². The quantitative estimate of drug-likeness (QED) is 0.759. The lowest BCUT2D eigenvalue weighted by Gasteiger charge is -2.35. The van der Waals surface area contributed by atoms with E-state index in [0.29, 0.717) is 26.2 Å². The smallest absolute Gasteiger partial charge is 0.322 e. The van der Waals surface area contributed by atoms with Gasteiger partial charge in [0.1, 0.15) is 18.0 Å². The zero-order chi connectivity index (χ0) is 18.1. The van der Waals surface area contributed by atoms with Gasteiger partial charge in [0.15, 0.2) is 5.65 Å². The van der Waals surface area contributed by atoms with Crippen molar-refractivity contribution in [2.45, 2.75) is 0 Å². The highest BCUT2D eigenvalue weighted by molar-refractivity contribution is 5.90. The Hall–Kier alpha value is -3.23. The molecule has 1 aromatic carbocycles. The van der Waals surface area contributed by atoms with Crippen LogP contribution in [0, 0.1) is 5.82 Å². The highest BCUT2D eigenvalue weighted by Gasteiger charge is 2.24. The third kappa shape index (κ3) is 2.92. The van der Waals surface area contributed by atoms with Crippen molar-refractivity contribution in [3.8, 4) is 0 Å².